The summed E-state index contributed by atoms with van der Waals surface area (Å²) in [6, 6.07) is 3.87. The molecule has 8 heteroatoms. The third kappa shape index (κ3) is 3.91. The normalized spacial score (nSPS) is 14.7. The van der Waals surface area contributed by atoms with Crippen LogP contribution in [0.15, 0.2) is 30.7 Å². The van der Waals surface area contributed by atoms with E-state index in [2.05, 4.69) is 30.4 Å². The number of hydrogen-bond acceptors (Lipinski definition) is 7. The van der Waals surface area contributed by atoms with Crippen LogP contribution in [0.3, 0.4) is 0 Å². The Morgan fingerprint density at radius 3 is 2.78 bits per heavy atom. The van der Waals surface area contributed by atoms with Crippen molar-refractivity contribution in [1.29, 1.82) is 0 Å². The number of rotatable bonds is 4. The van der Waals surface area contributed by atoms with E-state index in [-0.39, 0.29) is 5.91 Å². The van der Waals surface area contributed by atoms with Gasteiger partial charge in [0.2, 0.25) is 11.9 Å². The number of carbonyl (C=O) groups is 1. The summed E-state index contributed by atoms with van der Waals surface area (Å²) in [4.78, 5) is 23.9. The molecule has 2 aromatic heterocycles. The predicted molar refractivity (Wildman–Crippen MR) is 85.9 cm³/mol. The second-order valence-electron chi connectivity index (χ2n) is 5.35. The molecule has 120 valence electrons. The molecule has 0 atom stereocenters. The molecule has 0 aromatic carbocycles. The van der Waals surface area contributed by atoms with Crippen LogP contribution in [0.5, 0.6) is 0 Å². The van der Waals surface area contributed by atoms with Gasteiger partial charge in [0.1, 0.15) is 0 Å². The number of anilines is 2. The first-order valence-corrected chi connectivity index (χ1v) is 7.55. The van der Waals surface area contributed by atoms with Crippen LogP contribution < -0.4 is 10.2 Å². The van der Waals surface area contributed by atoms with Gasteiger partial charge in [-0.3, -0.25) is 9.78 Å². The molecule has 1 fully saturated rings. The largest absolute Gasteiger partial charge is 0.352 e. The third-order valence-electron chi connectivity index (χ3n) is 3.77. The van der Waals surface area contributed by atoms with E-state index >= 15 is 0 Å². The number of carbonyl (C=O) groups excluding carboxylic acids is 1. The van der Waals surface area contributed by atoms with Crippen molar-refractivity contribution in [3.8, 4) is 0 Å². The van der Waals surface area contributed by atoms with Gasteiger partial charge < -0.3 is 15.1 Å². The lowest BCUT2D eigenvalue weighted by Gasteiger charge is -2.34. The number of pyridine rings is 1. The van der Waals surface area contributed by atoms with Crippen LogP contribution in [0.4, 0.5) is 11.8 Å². The summed E-state index contributed by atoms with van der Waals surface area (Å²) in [6.45, 7) is 5.11. The molecular weight excluding hydrogens is 294 g/mol. The average molecular weight is 313 g/mol. The number of nitrogens with one attached hydrogen (secondary N) is 1. The quantitative estimate of drug-likeness (QED) is 0.882. The van der Waals surface area contributed by atoms with Gasteiger partial charge in [-0.25, -0.2) is 0 Å². The van der Waals surface area contributed by atoms with Crippen molar-refractivity contribution in [2.45, 2.75) is 13.5 Å². The fourth-order valence-corrected chi connectivity index (χ4v) is 2.46. The highest BCUT2D eigenvalue weighted by Crippen LogP contribution is 2.14. The Morgan fingerprint density at radius 2 is 2.09 bits per heavy atom. The fraction of sp³-hybridized carbons (Fsp3) is 0.400. The van der Waals surface area contributed by atoms with Crippen molar-refractivity contribution >= 4 is 17.7 Å². The van der Waals surface area contributed by atoms with Gasteiger partial charge in [-0.1, -0.05) is 6.07 Å². The summed E-state index contributed by atoms with van der Waals surface area (Å²) >= 11 is 0. The van der Waals surface area contributed by atoms with E-state index in [1.54, 1.807) is 25.5 Å². The minimum absolute atomic E-state index is 0.115. The smallest absolute Gasteiger partial charge is 0.244 e. The van der Waals surface area contributed by atoms with Crippen molar-refractivity contribution in [3.05, 3.63) is 36.3 Å². The van der Waals surface area contributed by atoms with Crippen LogP contribution in [0.25, 0.3) is 0 Å². The fourth-order valence-electron chi connectivity index (χ4n) is 2.46. The molecule has 0 radical (unpaired) electrons. The monoisotopic (exact) mass is 313 g/mol. The molecule has 1 N–H and O–H groups in total. The first-order valence-electron chi connectivity index (χ1n) is 7.55. The molecule has 0 saturated carbocycles. The molecule has 8 nitrogen and oxygen atoms in total. The topological polar surface area (TPSA) is 87.1 Å². The highest BCUT2D eigenvalue weighted by molar-refractivity contribution is 5.73. The molecule has 0 bridgehead atoms. The van der Waals surface area contributed by atoms with Gasteiger partial charge in [-0.2, -0.15) is 10.1 Å². The zero-order valence-corrected chi connectivity index (χ0v) is 13.0. The SMILES string of the molecule is CC(=O)N1CCN(c2cnnc(NCc3cccnc3)n2)CC1. The van der Waals surface area contributed by atoms with Gasteiger partial charge in [0.25, 0.3) is 0 Å². The average Bonchev–Trinajstić information content (AvgIpc) is 2.61. The minimum atomic E-state index is 0.115. The summed E-state index contributed by atoms with van der Waals surface area (Å²) in [5, 5.41) is 11.2. The van der Waals surface area contributed by atoms with Crippen molar-refractivity contribution in [1.82, 2.24) is 25.1 Å². The lowest BCUT2D eigenvalue weighted by atomic mass is 10.3. The van der Waals surface area contributed by atoms with Gasteiger partial charge >= 0.3 is 0 Å². The molecule has 2 aromatic rings. The van der Waals surface area contributed by atoms with Crippen molar-refractivity contribution in [3.63, 3.8) is 0 Å². The second-order valence-corrected chi connectivity index (χ2v) is 5.35. The second kappa shape index (κ2) is 6.99. The summed E-state index contributed by atoms with van der Waals surface area (Å²) in [6.07, 6.45) is 5.19. The lowest BCUT2D eigenvalue weighted by Crippen LogP contribution is -2.48. The Morgan fingerprint density at radius 1 is 1.26 bits per heavy atom. The van der Waals surface area contributed by atoms with E-state index in [4.69, 9.17) is 0 Å². The highest BCUT2D eigenvalue weighted by atomic mass is 16.2. The van der Waals surface area contributed by atoms with E-state index in [1.165, 1.54) is 0 Å². The van der Waals surface area contributed by atoms with Gasteiger partial charge in [-0.15, -0.1) is 5.10 Å². The highest BCUT2D eigenvalue weighted by Gasteiger charge is 2.20. The van der Waals surface area contributed by atoms with Gasteiger partial charge in [0.05, 0.1) is 6.20 Å². The van der Waals surface area contributed by atoms with Crippen molar-refractivity contribution < 1.29 is 4.79 Å². The molecule has 0 aliphatic carbocycles. The molecule has 1 aliphatic heterocycles. The molecule has 3 rings (SSSR count). The number of aromatic nitrogens is 4. The molecular formula is C15H19N7O. The van der Waals surface area contributed by atoms with E-state index in [9.17, 15) is 4.79 Å². The van der Waals surface area contributed by atoms with Crippen LogP contribution in [0.1, 0.15) is 12.5 Å². The molecule has 1 saturated heterocycles. The first kappa shape index (κ1) is 15.1. The van der Waals surface area contributed by atoms with E-state index < -0.39 is 0 Å². The zero-order valence-electron chi connectivity index (χ0n) is 13.0. The Balaban J connectivity index is 1.60. The van der Waals surface area contributed by atoms with Gasteiger partial charge in [0.15, 0.2) is 5.82 Å². The standard InChI is InChI=1S/C15H19N7O/c1-12(23)21-5-7-22(8-6-21)14-11-18-20-15(19-14)17-10-13-3-2-4-16-9-13/h2-4,9,11H,5-8,10H2,1H3,(H,17,19,20). The Hall–Kier alpha value is -2.77. The lowest BCUT2D eigenvalue weighted by molar-refractivity contribution is -0.129. The third-order valence-corrected chi connectivity index (χ3v) is 3.77. The van der Waals surface area contributed by atoms with Crippen LogP contribution >= 0.6 is 0 Å². The van der Waals surface area contributed by atoms with E-state index in [1.807, 2.05) is 17.0 Å². The molecule has 0 unspecified atom stereocenters. The summed E-state index contributed by atoms with van der Waals surface area (Å²) in [7, 11) is 0. The van der Waals surface area contributed by atoms with E-state index in [0.29, 0.717) is 25.6 Å². The van der Waals surface area contributed by atoms with Gasteiger partial charge in [-0.05, 0) is 11.6 Å². The predicted octanol–water partition coefficient (Wildman–Crippen LogP) is 0.547. The molecule has 1 amide bonds. The Kier molecular flexibility index (Phi) is 4.60. The van der Waals surface area contributed by atoms with Crippen molar-refractivity contribution in [2.75, 3.05) is 36.4 Å². The summed E-state index contributed by atoms with van der Waals surface area (Å²) in [5.74, 6) is 1.38. The molecule has 3 heterocycles. The Labute approximate surface area is 134 Å². The van der Waals surface area contributed by atoms with Crippen LogP contribution in [-0.4, -0.2) is 57.2 Å². The maximum atomic E-state index is 11.4. The first-order chi connectivity index (χ1) is 11.2. The maximum Gasteiger partial charge on any atom is 0.244 e. The number of piperazine rings is 1. The summed E-state index contributed by atoms with van der Waals surface area (Å²) in [5.41, 5.74) is 1.05. The van der Waals surface area contributed by atoms with Gasteiger partial charge in [0, 0.05) is 52.0 Å². The number of amides is 1. The Bertz CT molecular complexity index is 656. The van der Waals surface area contributed by atoms with Crippen LogP contribution in [-0.2, 0) is 11.3 Å². The van der Waals surface area contributed by atoms with E-state index in [0.717, 1.165) is 24.5 Å². The number of nitrogens with zero attached hydrogens (tertiary/aromatic N) is 6. The maximum absolute atomic E-state index is 11.4. The summed E-state index contributed by atoms with van der Waals surface area (Å²) < 4.78 is 0. The number of hydrogen-bond donors (Lipinski definition) is 1. The zero-order chi connectivity index (χ0) is 16.1. The van der Waals surface area contributed by atoms with Crippen LogP contribution in [0, 0.1) is 0 Å². The van der Waals surface area contributed by atoms with Crippen LogP contribution in [0.2, 0.25) is 0 Å². The molecule has 23 heavy (non-hydrogen) atoms. The van der Waals surface area contributed by atoms with Crippen molar-refractivity contribution in [2.24, 2.45) is 0 Å². The minimum Gasteiger partial charge on any atom is -0.352 e. The molecule has 1 aliphatic rings. The molecule has 0 spiro atoms.